The Kier molecular flexibility index (Phi) is 4.76. The molecule has 2 aromatic carbocycles. The van der Waals surface area contributed by atoms with E-state index < -0.39 is 0 Å². The SMILES string of the molecule is CC(C)(CNCc1ccc(-n2ccnc2)c(F)c1)c1ccccc1. The molecular weight excluding hydrogens is 301 g/mol. The fraction of sp³-hybridized carbons (Fsp3) is 0.250. The van der Waals surface area contributed by atoms with Crippen LogP contribution in [0.25, 0.3) is 5.69 Å². The summed E-state index contributed by atoms with van der Waals surface area (Å²) in [6, 6.07) is 15.7. The molecule has 0 aliphatic rings. The molecule has 124 valence electrons. The maximum absolute atomic E-state index is 14.3. The van der Waals surface area contributed by atoms with Crippen LogP contribution in [0.15, 0.2) is 67.3 Å². The van der Waals surface area contributed by atoms with Crippen molar-refractivity contribution in [3.8, 4) is 5.69 Å². The fourth-order valence-electron chi connectivity index (χ4n) is 2.78. The Balaban J connectivity index is 1.62. The van der Waals surface area contributed by atoms with E-state index >= 15 is 0 Å². The molecule has 4 heteroatoms. The lowest BCUT2D eigenvalue weighted by Crippen LogP contribution is -2.32. The van der Waals surface area contributed by atoms with Gasteiger partial charge in [0.2, 0.25) is 0 Å². The van der Waals surface area contributed by atoms with Gasteiger partial charge in [-0.2, -0.15) is 0 Å². The maximum Gasteiger partial charge on any atom is 0.147 e. The van der Waals surface area contributed by atoms with Crippen molar-refractivity contribution in [1.29, 1.82) is 0 Å². The molecule has 3 aromatic rings. The predicted molar refractivity (Wildman–Crippen MR) is 94.7 cm³/mol. The monoisotopic (exact) mass is 323 g/mol. The van der Waals surface area contributed by atoms with Crippen molar-refractivity contribution in [3.63, 3.8) is 0 Å². The highest BCUT2D eigenvalue weighted by atomic mass is 19.1. The van der Waals surface area contributed by atoms with Crippen LogP contribution in [0.5, 0.6) is 0 Å². The summed E-state index contributed by atoms with van der Waals surface area (Å²) in [6.45, 7) is 5.87. The van der Waals surface area contributed by atoms with E-state index in [2.05, 4.69) is 48.4 Å². The van der Waals surface area contributed by atoms with Gasteiger partial charge in [-0.1, -0.05) is 50.2 Å². The second-order valence-electron chi connectivity index (χ2n) is 6.61. The topological polar surface area (TPSA) is 29.9 Å². The second kappa shape index (κ2) is 6.97. The average molecular weight is 323 g/mol. The summed E-state index contributed by atoms with van der Waals surface area (Å²) in [4.78, 5) is 3.95. The standard InChI is InChI=1S/C20H22FN3/c1-20(2,17-6-4-3-5-7-17)14-23-13-16-8-9-19(18(21)12-16)24-11-10-22-15-24/h3-12,15,23H,13-14H2,1-2H3. The number of hydrogen-bond acceptors (Lipinski definition) is 2. The van der Waals surface area contributed by atoms with E-state index in [1.165, 1.54) is 5.56 Å². The van der Waals surface area contributed by atoms with Crippen LogP contribution in [-0.4, -0.2) is 16.1 Å². The Labute approximate surface area is 142 Å². The highest BCUT2D eigenvalue weighted by Crippen LogP contribution is 2.22. The minimum atomic E-state index is -0.241. The molecule has 0 aliphatic heterocycles. The summed E-state index contributed by atoms with van der Waals surface area (Å²) in [6.07, 6.45) is 4.97. The van der Waals surface area contributed by atoms with Crippen molar-refractivity contribution in [2.24, 2.45) is 0 Å². The van der Waals surface area contributed by atoms with Crippen molar-refractivity contribution in [3.05, 3.63) is 84.2 Å². The number of nitrogens with zero attached hydrogens (tertiary/aromatic N) is 2. The first-order valence-electron chi connectivity index (χ1n) is 8.09. The van der Waals surface area contributed by atoms with Gasteiger partial charge >= 0.3 is 0 Å². The summed E-state index contributed by atoms with van der Waals surface area (Å²) < 4.78 is 15.9. The minimum absolute atomic E-state index is 0.0244. The summed E-state index contributed by atoms with van der Waals surface area (Å²) in [5.74, 6) is -0.241. The molecule has 1 aromatic heterocycles. The zero-order chi connectivity index (χ0) is 17.0. The third-order valence-electron chi connectivity index (χ3n) is 4.25. The van der Waals surface area contributed by atoms with E-state index in [4.69, 9.17) is 0 Å². The third-order valence-corrected chi connectivity index (χ3v) is 4.25. The molecule has 3 nitrogen and oxygen atoms in total. The van der Waals surface area contributed by atoms with Gasteiger partial charge in [-0.3, -0.25) is 0 Å². The number of halogens is 1. The lowest BCUT2D eigenvalue weighted by atomic mass is 9.84. The van der Waals surface area contributed by atoms with E-state index in [1.807, 2.05) is 12.1 Å². The summed E-state index contributed by atoms with van der Waals surface area (Å²) >= 11 is 0. The molecule has 1 heterocycles. The first kappa shape index (κ1) is 16.4. The van der Waals surface area contributed by atoms with E-state index in [-0.39, 0.29) is 11.2 Å². The van der Waals surface area contributed by atoms with Crippen LogP contribution in [0.1, 0.15) is 25.0 Å². The van der Waals surface area contributed by atoms with Crippen molar-refractivity contribution in [1.82, 2.24) is 14.9 Å². The molecule has 0 radical (unpaired) electrons. The zero-order valence-electron chi connectivity index (χ0n) is 14.0. The van der Waals surface area contributed by atoms with Crippen molar-refractivity contribution >= 4 is 0 Å². The van der Waals surface area contributed by atoms with Gasteiger partial charge in [-0.15, -0.1) is 0 Å². The van der Waals surface area contributed by atoms with Gasteiger partial charge in [0.15, 0.2) is 0 Å². The first-order valence-corrected chi connectivity index (χ1v) is 8.09. The van der Waals surface area contributed by atoms with Crippen molar-refractivity contribution in [2.75, 3.05) is 6.54 Å². The largest absolute Gasteiger partial charge is 0.312 e. The molecular formula is C20H22FN3. The van der Waals surface area contributed by atoms with Crippen LogP contribution in [0.2, 0.25) is 0 Å². The van der Waals surface area contributed by atoms with E-state index in [0.29, 0.717) is 12.2 Å². The fourth-order valence-corrected chi connectivity index (χ4v) is 2.78. The molecule has 0 aliphatic carbocycles. The minimum Gasteiger partial charge on any atom is -0.312 e. The molecule has 3 rings (SSSR count). The Morgan fingerprint density at radius 3 is 2.58 bits per heavy atom. The van der Waals surface area contributed by atoms with Crippen LogP contribution < -0.4 is 5.32 Å². The number of hydrogen-bond donors (Lipinski definition) is 1. The highest BCUT2D eigenvalue weighted by Gasteiger charge is 2.19. The van der Waals surface area contributed by atoms with Gasteiger partial charge in [-0.05, 0) is 23.3 Å². The van der Waals surface area contributed by atoms with Gasteiger partial charge in [0.05, 0.1) is 12.0 Å². The molecule has 0 bridgehead atoms. The summed E-state index contributed by atoms with van der Waals surface area (Å²) in [7, 11) is 0. The highest BCUT2D eigenvalue weighted by molar-refractivity contribution is 5.36. The molecule has 0 atom stereocenters. The Hall–Kier alpha value is -2.46. The Morgan fingerprint density at radius 2 is 1.92 bits per heavy atom. The lowest BCUT2D eigenvalue weighted by Gasteiger charge is -2.25. The molecule has 0 spiro atoms. The zero-order valence-corrected chi connectivity index (χ0v) is 14.0. The molecule has 24 heavy (non-hydrogen) atoms. The van der Waals surface area contributed by atoms with Crippen LogP contribution in [0.3, 0.4) is 0 Å². The third kappa shape index (κ3) is 3.71. The van der Waals surface area contributed by atoms with Gasteiger partial charge in [0.25, 0.3) is 0 Å². The predicted octanol–water partition coefficient (Wildman–Crippen LogP) is 4.08. The van der Waals surface area contributed by atoms with E-state index in [0.717, 1.165) is 12.1 Å². The van der Waals surface area contributed by atoms with Crippen molar-refractivity contribution < 1.29 is 4.39 Å². The van der Waals surface area contributed by atoms with Gasteiger partial charge < -0.3 is 9.88 Å². The Morgan fingerprint density at radius 1 is 1.12 bits per heavy atom. The van der Waals surface area contributed by atoms with Crippen LogP contribution in [-0.2, 0) is 12.0 Å². The van der Waals surface area contributed by atoms with Gasteiger partial charge in [0.1, 0.15) is 5.82 Å². The van der Waals surface area contributed by atoms with Crippen LogP contribution >= 0.6 is 0 Å². The van der Waals surface area contributed by atoms with E-state index in [1.54, 1.807) is 35.4 Å². The normalized spacial score (nSPS) is 11.6. The molecule has 0 amide bonds. The number of benzene rings is 2. The molecule has 0 saturated heterocycles. The number of imidazole rings is 1. The molecule has 0 unspecified atom stereocenters. The van der Waals surface area contributed by atoms with Crippen LogP contribution in [0, 0.1) is 5.82 Å². The average Bonchev–Trinajstić information content (AvgIpc) is 3.10. The smallest absolute Gasteiger partial charge is 0.147 e. The summed E-state index contributed by atoms with van der Waals surface area (Å²) in [5.41, 5.74) is 2.76. The Bertz CT molecular complexity index is 780. The van der Waals surface area contributed by atoms with Gasteiger partial charge in [0, 0.05) is 30.9 Å². The van der Waals surface area contributed by atoms with Crippen molar-refractivity contribution in [2.45, 2.75) is 25.8 Å². The maximum atomic E-state index is 14.3. The molecule has 1 N–H and O–H groups in total. The molecule has 0 fully saturated rings. The first-order chi connectivity index (χ1) is 11.6. The number of nitrogens with one attached hydrogen (secondary N) is 1. The van der Waals surface area contributed by atoms with E-state index in [9.17, 15) is 4.39 Å². The quantitative estimate of drug-likeness (QED) is 0.741. The summed E-state index contributed by atoms with van der Waals surface area (Å²) in [5, 5.41) is 3.44. The second-order valence-corrected chi connectivity index (χ2v) is 6.61. The number of rotatable bonds is 6. The van der Waals surface area contributed by atoms with Gasteiger partial charge in [-0.25, -0.2) is 9.37 Å². The van der Waals surface area contributed by atoms with Crippen LogP contribution in [0.4, 0.5) is 4.39 Å². The lowest BCUT2D eigenvalue weighted by molar-refractivity contribution is 0.468. The number of aromatic nitrogens is 2. The molecule has 0 saturated carbocycles.